The van der Waals surface area contributed by atoms with Gasteiger partial charge in [-0.3, -0.25) is 4.79 Å². The molecule has 3 aromatic carbocycles. The highest BCUT2D eigenvalue weighted by Crippen LogP contribution is 2.28. The van der Waals surface area contributed by atoms with Crippen LogP contribution in [0.3, 0.4) is 0 Å². The highest BCUT2D eigenvalue weighted by molar-refractivity contribution is 6.08. The number of aromatic nitrogens is 1. The molecule has 6 nitrogen and oxygen atoms in total. The van der Waals surface area contributed by atoms with E-state index in [1.54, 1.807) is 7.11 Å². The summed E-state index contributed by atoms with van der Waals surface area (Å²) in [5.41, 5.74) is 4.91. The van der Waals surface area contributed by atoms with Gasteiger partial charge >= 0.3 is 0 Å². The van der Waals surface area contributed by atoms with E-state index in [-0.39, 0.29) is 5.91 Å². The van der Waals surface area contributed by atoms with E-state index >= 15 is 0 Å². The maximum absolute atomic E-state index is 13.1. The summed E-state index contributed by atoms with van der Waals surface area (Å²) in [5.74, 6) is 1.68. The second kappa shape index (κ2) is 9.66. The number of hydrogen-bond donors (Lipinski definition) is 1. The third kappa shape index (κ3) is 4.64. The van der Waals surface area contributed by atoms with Crippen molar-refractivity contribution in [1.82, 2.24) is 4.98 Å². The maximum Gasteiger partial charge on any atom is 0.255 e. The van der Waals surface area contributed by atoms with Crippen molar-refractivity contribution >= 4 is 33.9 Å². The van der Waals surface area contributed by atoms with Gasteiger partial charge in [0.25, 0.3) is 5.91 Å². The first-order valence-corrected chi connectivity index (χ1v) is 11.9. The van der Waals surface area contributed by atoms with Gasteiger partial charge in [-0.25, -0.2) is 4.98 Å². The number of nitrogens with zero attached hydrogens (tertiary/aromatic N) is 3. The lowest BCUT2D eigenvalue weighted by Gasteiger charge is -2.37. The van der Waals surface area contributed by atoms with Gasteiger partial charge in [0.1, 0.15) is 11.6 Å². The predicted octanol–water partition coefficient (Wildman–Crippen LogP) is 5.44. The smallest absolute Gasteiger partial charge is 0.255 e. The van der Waals surface area contributed by atoms with E-state index in [2.05, 4.69) is 27.2 Å². The van der Waals surface area contributed by atoms with Crippen LogP contribution in [0.25, 0.3) is 10.8 Å². The standard InChI is InChI=1S/C29H30N4O2/c1-20-5-4-6-27(21(20)2)31-29(34)23-8-7-22-13-14-30-28(26(22)19-23)33-17-15-32(16-18-33)24-9-11-25(35-3)12-10-24/h4-14,19H,15-18H2,1-3H3,(H,31,34). The molecule has 1 N–H and O–H groups in total. The predicted molar refractivity (Wildman–Crippen MR) is 143 cm³/mol. The fraction of sp³-hybridized carbons (Fsp3) is 0.241. The normalized spacial score (nSPS) is 13.7. The molecule has 6 heteroatoms. The van der Waals surface area contributed by atoms with Crippen LogP contribution < -0.4 is 19.9 Å². The summed E-state index contributed by atoms with van der Waals surface area (Å²) < 4.78 is 5.28. The zero-order valence-electron chi connectivity index (χ0n) is 20.4. The monoisotopic (exact) mass is 466 g/mol. The van der Waals surface area contributed by atoms with Crippen molar-refractivity contribution in [3.8, 4) is 5.75 Å². The van der Waals surface area contributed by atoms with Crippen LogP contribution in [0.5, 0.6) is 5.75 Å². The lowest BCUT2D eigenvalue weighted by atomic mass is 10.1. The molecule has 4 aromatic rings. The summed E-state index contributed by atoms with van der Waals surface area (Å²) in [6, 6.07) is 22.0. The maximum atomic E-state index is 13.1. The fourth-order valence-corrected chi connectivity index (χ4v) is 4.60. The van der Waals surface area contributed by atoms with Crippen molar-refractivity contribution in [1.29, 1.82) is 0 Å². The molecule has 35 heavy (non-hydrogen) atoms. The van der Waals surface area contributed by atoms with Gasteiger partial charge in [0.15, 0.2) is 0 Å². The Labute approximate surface area is 206 Å². The molecule has 1 aliphatic heterocycles. The molecule has 1 aliphatic rings. The number of pyridine rings is 1. The van der Waals surface area contributed by atoms with Crippen LogP contribution in [-0.2, 0) is 0 Å². The summed E-state index contributed by atoms with van der Waals surface area (Å²) in [5, 5.41) is 5.15. The summed E-state index contributed by atoms with van der Waals surface area (Å²) >= 11 is 0. The highest BCUT2D eigenvalue weighted by atomic mass is 16.5. The molecule has 0 radical (unpaired) electrons. The first kappa shape index (κ1) is 22.7. The molecular formula is C29H30N4O2. The van der Waals surface area contributed by atoms with Gasteiger partial charge in [-0.15, -0.1) is 0 Å². The van der Waals surface area contributed by atoms with Gasteiger partial charge < -0.3 is 19.9 Å². The number of anilines is 3. The molecule has 0 unspecified atom stereocenters. The number of amides is 1. The van der Waals surface area contributed by atoms with Crippen LogP contribution in [0.15, 0.2) is 72.9 Å². The molecule has 178 valence electrons. The average molecular weight is 467 g/mol. The zero-order chi connectivity index (χ0) is 24.4. The van der Waals surface area contributed by atoms with Crippen LogP contribution in [0.1, 0.15) is 21.5 Å². The quantitative estimate of drug-likeness (QED) is 0.425. The van der Waals surface area contributed by atoms with E-state index < -0.39 is 0 Å². The second-order valence-electron chi connectivity index (χ2n) is 8.94. The number of rotatable bonds is 5. The minimum Gasteiger partial charge on any atom is -0.497 e. The molecule has 0 saturated carbocycles. The van der Waals surface area contributed by atoms with Gasteiger partial charge in [0.2, 0.25) is 0 Å². The van der Waals surface area contributed by atoms with Crippen molar-refractivity contribution in [2.75, 3.05) is 48.4 Å². The van der Waals surface area contributed by atoms with E-state index in [9.17, 15) is 4.79 Å². The Morgan fingerprint density at radius 3 is 2.40 bits per heavy atom. The van der Waals surface area contributed by atoms with Crippen molar-refractivity contribution in [3.63, 3.8) is 0 Å². The summed E-state index contributed by atoms with van der Waals surface area (Å²) in [6.07, 6.45) is 1.85. The lowest BCUT2D eigenvalue weighted by molar-refractivity contribution is 0.102. The molecule has 0 aliphatic carbocycles. The SMILES string of the molecule is COc1ccc(N2CCN(c3nccc4ccc(C(=O)Nc5cccc(C)c5C)cc34)CC2)cc1. The Hall–Kier alpha value is -4.06. The number of methoxy groups -OCH3 is 1. The van der Waals surface area contributed by atoms with E-state index in [0.717, 1.165) is 65.3 Å². The molecule has 2 heterocycles. The van der Waals surface area contributed by atoms with Gasteiger partial charge in [0, 0.05) is 54.7 Å². The van der Waals surface area contributed by atoms with Crippen LogP contribution in [0.2, 0.25) is 0 Å². The largest absolute Gasteiger partial charge is 0.497 e. The molecule has 0 spiro atoms. The average Bonchev–Trinajstić information content (AvgIpc) is 2.91. The number of carbonyl (C=O) groups excluding carboxylic acids is 1. The van der Waals surface area contributed by atoms with Crippen LogP contribution in [-0.4, -0.2) is 44.2 Å². The lowest BCUT2D eigenvalue weighted by Crippen LogP contribution is -2.46. The molecule has 0 atom stereocenters. The second-order valence-corrected chi connectivity index (χ2v) is 8.94. The first-order chi connectivity index (χ1) is 17.0. The van der Waals surface area contributed by atoms with Gasteiger partial charge in [0.05, 0.1) is 7.11 Å². The number of hydrogen-bond acceptors (Lipinski definition) is 5. The van der Waals surface area contributed by atoms with Gasteiger partial charge in [-0.1, -0.05) is 18.2 Å². The van der Waals surface area contributed by atoms with Gasteiger partial charge in [-0.2, -0.15) is 0 Å². The van der Waals surface area contributed by atoms with Crippen LogP contribution in [0.4, 0.5) is 17.2 Å². The van der Waals surface area contributed by atoms with Crippen LogP contribution in [0, 0.1) is 13.8 Å². The number of ether oxygens (including phenoxy) is 1. The molecule has 1 fully saturated rings. The van der Waals surface area contributed by atoms with Crippen molar-refractivity contribution in [2.45, 2.75) is 13.8 Å². The summed E-state index contributed by atoms with van der Waals surface area (Å²) in [4.78, 5) is 22.5. The molecule has 1 amide bonds. The van der Waals surface area contributed by atoms with Crippen molar-refractivity contribution in [3.05, 3.63) is 89.6 Å². The molecule has 5 rings (SSSR count). The number of piperazine rings is 1. The Kier molecular flexibility index (Phi) is 6.27. The van der Waals surface area contributed by atoms with E-state index in [4.69, 9.17) is 9.72 Å². The highest BCUT2D eigenvalue weighted by Gasteiger charge is 2.21. The topological polar surface area (TPSA) is 57.7 Å². The van der Waals surface area contributed by atoms with Crippen LogP contribution >= 0.6 is 0 Å². The zero-order valence-corrected chi connectivity index (χ0v) is 20.4. The number of fused-ring (bicyclic) bond motifs is 1. The molecule has 1 saturated heterocycles. The molecular weight excluding hydrogens is 436 g/mol. The number of carbonyl (C=O) groups is 1. The Morgan fingerprint density at radius 1 is 0.914 bits per heavy atom. The number of benzene rings is 3. The number of nitrogens with one attached hydrogen (secondary N) is 1. The Morgan fingerprint density at radius 2 is 1.66 bits per heavy atom. The van der Waals surface area contributed by atoms with Crippen molar-refractivity contribution in [2.24, 2.45) is 0 Å². The van der Waals surface area contributed by atoms with E-state index in [1.807, 2.05) is 74.6 Å². The Bertz CT molecular complexity index is 1360. The first-order valence-electron chi connectivity index (χ1n) is 11.9. The van der Waals surface area contributed by atoms with Gasteiger partial charge in [-0.05, 0) is 78.9 Å². The van der Waals surface area contributed by atoms with Crippen molar-refractivity contribution < 1.29 is 9.53 Å². The van der Waals surface area contributed by atoms with E-state index in [0.29, 0.717) is 5.56 Å². The molecule has 0 bridgehead atoms. The number of aryl methyl sites for hydroxylation is 1. The minimum absolute atomic E-state index is 0.111. The molecule has 1 aromatic heterocycles. The third-order valence-corrected chi connectivity index (χ3v) is 6.88. The summed E-state index contributed by atoms with van der Waals surface area (Å²) in [6.45, 7) is 7.59. The Balaban J connectivity index is 1.35. The third-order valence-electron chi connectivity index (χ3n) is 6.88. The minimum atomic E-state index is -0.111. The van der Waals surface area contributed by atoms with E-state index in [1.165, 1.54) is 5.69 Å². The summed E-state index contributed by atoms with van der Waals surface area (Å²) in [7, 11) is 1.68. The fourth-order valence-electron chi connectivity index (χ4n) is 4.60.